The van der Waals surface area contributed by atoms with Gasteiger partial charge in [-0.05, 0) is 73.1 Å². The highest BCUT2D eigenvalue weighted by Crippen LogP contribution is 2.49. The minimum atomic E-state index is -0.680. The molecule has 0 saturated carbocycles. The highest BCUT2D eigenvalue weighted by atomic mass is 35.5. The van der Waals surface area contributed by atoms with Crippen molar-refractivity contribution in [3.8, 4) is 0 Å². The Labute approximate surface area is 169 Å². The summed E-state index contributed by atoms with van der Waals surface area (Å²) in [6, 6.07) is 7.76. The third-order valence-corrected chi connectivity index (χ3v) is 7.20. The fraction of sp³-hybridized carbons (Fsp3) is 0.700. The maximum absolute atomic E-state index is 6.45. The van der Waals surface area contributed by atoms with Crippen LogP contribution in [0.3, 0.4) is 0 Å². The summed E-state index contributed by atoms with van der Waals surface area (Å²) in [5.41, 5.74) is -0.794. The lowest BCUT2D eigenvalue weighted by Crippen LogP contribution is -2.56. The van der Waals surface area contributed by atoms with E-state index in [9.17, 15) is 0 Å². The summed E-state index contributed by atoms with van der Waals surface area (Å²) in [5, 5.41) is 0.00431. The molecule has 1 aromatic rings. The maximum atomic E-state index is 6.45. The molecular formula is C20H31B2ClO4. The molecule has 3 rings (SSSR count). The van der Waals surface area contributed by atoms with Crippen LogP contribution < -0.4 is 0 Å². The normalized spacial score (nSPS) is 25.9. The lowest BCUT2D eigenvalue weighted by molar-refractivity contribution is 0.00578. The number of rotatable bonds is 3. The van der Waals surface area contributed by atoms with Gasteiger partial charge in [0, 0.05) is 5.02 Å². The molecule has 0 bridgehead atoms. The molecule has 1 aromatic carbocycles. The van der Waals surface area contributed by atoms with Crippen molar-refractivity contribution in [2.24, 2.45) is 0 Å². The summed E-state index contributed by atoms with van der Waals surface area (Å²) < 4.78 is 25.8. The van der Waals surface area contributed by atoms with Crippen molar-refractivity contribution < 1.29 is 18.6 Å². The van der Waals surface area contributed by atoms with Crippen molar-refractivity contribution in [1.82, 2.24) is 0 Å². The van der Waals surface area contributed by atoms with E-state index in [-0.39, 0.29) is 0 Å². The first-order valence-electron chi connectivity index (χ1n) is 9.60. The minimum Gasteiger partial charge on any atom is -0.403 e. The molecule has 2 fully saturated rings. The zero-order valence-electron chi connectivity index (χ0n) is 18.0. The molecule has 0 N–H and O–H groups in total. The summed E-state index contributed by atoms with van der Waals surface area (Å²) in [5.74, 6) is 0. The summed E-state index contributed by atoms with van der Waals surface area (Å²) in [6.45, 7) is 18.5. The number of hydrogen-bond acceptors (Lipinski definition) is 4. The predicted molar refractivity (Wildman–Crippen MR) is 111 cm³/mol. The molecule has 0 radical (unpaired) electrons. The van der Waals surface area contributed by atoms with Crippen LogP contribution in [0.25, 0.3) is 0 Å². The van der Waals surface area contributed by atoms with Gasteiger partial charge in [-0.2, -0.15) is 0 Å². The molecule has 2 aliphatic rings. The maximum Gasteiger partial charge on any atom is 0.466 e. The molecule has 0 spiro atoms. The van der Waals surface area contributed by atoms with E-state index in [1.54, 1.807) is 0 Å². The van der Waals surface area contributed by atoms with Gasteiger partial charge in [-0.25, -0.2) is 0 Å². The summed E-state index contributed by atoms with van der Waals surface area (Å²) in [6.07, 6.45) is 0. The van der Waals surface area contributed by atoms with Crippen LogP contribution in [0.15, 0.2) is 24.3 Å². The van der Waals surface area contributed by atoms with Crippen LogP contribution in [0, 0.1) is 0 Å². The van der Waals surface area contributed by atoms with E-state index in [0.717, 1.165) is 5.56 Å². The van der Waals surface area contributed by atoms with Gasteiger partial charge in [-0.1, -0.05) is 30.7 Å². The van der Waals surface area contributed by atoms with E-state index < -0.39 is 41.9 Å². The molecule has 0 unspecified atom stereocenters. The van der Waals surface area contributed by atoms with E-state index in [1.165, 1.54) is 0 Å². The summed E-state index contributed by atoms with van der Waals surface area (Å²) in [7, 11) is -1.06. The van der Waals surface area contributed by atoms with Gasteiger partial charge in [0.05, 0.1) is 27.6 Å². The third kappa shape index (κ3) is 3.28. The Morgan fingerprint density at radius 1 is 0.667 bits per heavy atom. The predicted octanol–water partition coefficient (Wildman–Crippen LogP) is 4.86. The lowest BCUT2D eigenvalue weighted by atomic mass is 9.37. The van der Waals surface area contributed by atoms with Crippen LogP contribution >= 0.6 is 11.6 Å². The fourth-order valence-electron chi connectivity index (χ4n) is 3.37. The Balaban J connectivity index is 2.08. The van der Waals surface area contributed by atoms with Crippen LogP contribution in [0.4, 0.5) is 0 Å². The van der Waals surface area contributed by atoms with E-state index in [4.69, 9.17) is 30.2 Å². The van der Waals surface area contributed by atoms with E-state index in [2.05, 4.69) is 62.3 Å². The van der Waals surface area contributed by atoms with Crippen molar-refractivity contribution >= 4 is 25.8 Å². The third-order valence-electron chi connectivity index (χ3n) is 6.95. The number of hydrogen-bond donors (Lipinski definition) is 0. The quantitative estimate of drug-likeness (QED) is 0.689. The van der Waals surface area contributed by atoms with Crippen molar-refractivity contribution in [3.05, 3.63) is 34.9 Å². The Morgan fingerprint density at radius 3 is 1.26 bits per heavy atom. The van der Waals surface area contributed by atoms with Crippen LogP contribution in [-0.4, -0.2) is 36.6 Å². The van der Waals surface area contributed by atoms with E-state index in [1.807, 2.05) is 24.3 Å². The van der Waals surface area contributed by atoms with Gasteiger partial charge in [0.2, 0.25) is 0 Å². The molecule has 148 valence electrons. The molecule has 27 heavy (non-hydrogen) atoms. The van der Waals surface area contributed by atoms with Gasteiger partial charge >= 0.3 is 14.2 Å². The van der Waals surface area contributed by atoms with Crippen molar-refractivity contribution in [3.63, 3.8) is 0 Å². The topological polar surface area (TPSA) is 36.9 Å². The average molecular weight is 393 g/mol. The Morgan fingerprint density at radius 2 is 0.963 bits per heavy atom. The SMILES string of the molecule is CC(B1OC(C)(C)C(C)(C)O1)(B1OC(C)(C)C(C)(C)O1)c1ccc(Cl)cc1. The zero-order valence-corrected chi connectivity index (χ0v) is 18.7. The zero-order chi connectivity index (χ0) is 20.5. The Hall–Kier alpha value is -0.520. The average Bonchev–Trinajstić information content (AvgIpc) is 2.87. The highest BCUT2D eigenvalue weighted by Gasteiger charge is 2.68. The molecular weight excluding hydrogens is 361 g/mol. The monoisotopic (exact) mass is 392 g/mol. The molecule has 0 atom stereocenters. The largest absolute Gasteiger partial charge is 0.466 e. The second-order valence-electron chi connectivity index (χ2n) is 9.97. The first kappa shape index (κ1) is 21.2. The van der Waals surface area contributed by atoms with Gasteiger partial charge in [-0.3, -0.25) is 0 Å². The molecule has 2 heterocycles. The molecule has 4 nitrogen and oxygen atoms in total. The van der Waals surface area contributed by atoms with Crippen LogP contribution in [0.1, 0.15) is 67.9 Å². The van der Waals surface area contributed by atoms with Gasteiger partial charge in [-0.15, -0.1) is 0 Å². The Bertz CT molecular complexity index is 647. The first-order valence-corrected chi connectivity index (χ1v) is 9.97. The second kappa shape index (κ2) is 6.24. The van der Waals surface area contributed by atoms with Gasteiger partial charge < -0.3 is 18.6 Å². The first-order chi connectivity index (χ1) is 12.1. The smallest absolute Gasteiger partial charge is 0.403 e. The van der Waals surface area contributed by atoms with E-state index in [0.29, 0.717) is 5.02 Å². The molecule has 0 aliphatic carbocycles. The summed E-state index contributed by atoms with van der Waals surface area (Å²) in [4.78, 5) is 0. The lowest BCUT2D eigenvalue weighted by Gasteiger charge is -2.34. The number of benzene rings is 1. The Kier molecular flexibility index (Phi) is 4.90. The van der Waals surface area contributed by atoms with Crippen molar-refractivity contribution in [2.75, 3.05) is 0 Å². The van der Waals surface area contributed by atoms with E-state index >= 15 is 0 Å². The van der Waals surface area contributed by atoms with Crippen LogP contribution in [0.5, 0.6) is 0 Å². The molecule has 2 aliphatic heterocycles. The molecule has 0 aromatic heterocycles. The molecule has 0 amide bonds. The standard InChI is InChI=1S/C20H31B2ClO4/c1-16(2)17(3,4)25-21(24-16)20(9,14-10-12-15(23)13-11-14)22-26-18(5,6)19(7,8)27-22/h10-13H,1-9H3. The second-order valence-corrected chi connectivity index (χ2v) is 10.4. The minimum absolute atomic E-state index is 0.449. The van der Waals surface area contributed by atoms with Crippen molar-refractivity contribution in [2.45, 2.75) is 89.9 Å². The van der Waals surface area contributed by atoms with Crippen molar-refractivity contribution in [1.29, 1.82) is 0 Å². The fourth-order valence-corrected chi connectivity index (χ4v) is 3.49. The summed E-state index contributed by atoms with van der Waals surface area (Å²) >= 11 is 6.14. The van der Waals surface area contributed by atoms with Gasteiger partial charge in [0.25, 0.3) is 0 Å². The molecule has 2 saturated heterocycles. The van der Waals surface area contributed by atoms with Gasteiger partial charge in [0.15, 0.2) is 0 Å². The number of halogens is 1. The molecule has 7 heteroatoms. The van der Waals surface area contributed by atoms with Gasteiger partial charge in [0.1, 0.15) is 0 Å². The van der Waals surface area contributed by atoms with Crippen LogP contribution in [0.2, 0.25) is 5.02 Å². The van der Waals surface area contributed by atoms with Crippen LogP contribution in [-0.2, 0) is 23.8 Å². The highest BCUT2D eigenvalue weighted by molar-refractivity contribution is 6.71.